The van der Waals surface area contributed by atoms with E-state index in [1.807, 2.05) is 36.4 Å². The predicted octanol–water partition coefficient (Wildman–Crippen LogP) is 4.04. The number of ether oxygens (including phenoxy) is 1. The van der Waals surface area contributed by atoms with Gasteiger partial charge < -0.3 is 19.6 Å². The Hall–Kier alpha value is -3.19. The molecule has 3 aliphatic heterocycles. The molecule has 3 aromatic carbocycles. The number of hydrogen-bond donors (Lipinski definition) is 2. The molecule has 3 heterocycles. The van der Waals surface area contributed by atoms with Crippen molar-refractivity contribution >= 4 is 23.5 Å². The maximum absolute atomic E-state index is 13.7. The summed E-state index contributed by atoms with van der Waals surface area (Å²) in [7, 11) is 0. The standard InChI is InChI=1S/C30H31ClN2O4/c31-26-14-8-7-9-23(26)19-32-28(34)21-33-17-15-22(16-18-33)27(20-33)37-29(35)30(36,24-10-3-1-4-11-24)25-12-5-2-6-13-25/h1-14,22,27,36H,15-21H2/p+1. The normalized spacial score (nSPS) is 22.9. The minimum atomic E-state index is -1.91. The number of nitrogens with one attached hydrogen (secondary N) is 1. The molecule has 6 nitrogen and oxygen atoms in total. The van der Waals surface area contributed by atoms with Crippen LogP contribution in [0.5, 0.6) is 0 Å². The van der Waals surface area contributed by atoms with Crippen LogP contribution in [-0.4, -0.2) is 53.7 Å². The quantitative estimate of drug-likeness (QED) is 0.348. The Morgan fingerprint density at radius 2 is 1.49 bits per heavy atom. The zero-order valence-electron chi connectivity index (χ0n) is 20.7. The molecule has 3 saturated heterocycles. The molecule has 2 N–H and O–H groups in total. The zero-order valence-corrected chi connectivity index (χ0v) is 21.4. The highest BCUT2D eigenvalue weighted by Gasteiger charge is 2.51. The number of rotatable bonds is 8. The van der Waals surface area contributed by atoms with Crippen LogP contribution < -0.4 is 5.32 Å². The fourth-order valence-electron chi connectivity index (χ4n) is 5.76. The molecule has 7 heteroatoms. The number of carbonyl (C=O) groups excluding carboxylic acids is 2. The number of aliphatic hydroxyl groups is 1. The molecule has 1 amide bonds. The van der Waals surface area contributed by atoms with Gasteiger partial charge in [-0.1, -0.05) is 90.5 Å². The largest absolute Gasteiger partial charge is 0.453 e. The fraction of sp³-hybridized carbons (Fsp3) is 0.333. The summed E-state index contributed by atoms with van der Waals surface area (Å²) in [4.78, 5) is 26.6. The molecule has 0 saturated carbocycles. The van der Waals surface area contributed by atoms with Crippen LogP contribution >= 0.6 is 11.6 Å². The SMILES string of the molecule is O=C(C[N+]12CCC(CC1)C(OC(=O)C(O)(c1ccccc1)c1ccccc1)C2)NCc1ccccc1Cl. The molecule has 192 valence electrons. The molecule has 3 aromatic rings. The van der Waals surface area contributed by atoms with Crippen LogP contribution in [0.2, 0.25) is 5.02 Å². The Kier molecular flexibility index (Phi) is 7.33. The topological polar surface area (TPSA) is 75.6 Å². The summed E-state index contributed by atoms with van der Waals surface area (Å²) < 4.78 is 6.68. The van der Waals surface area contributed by atoms with Crippen LogP contribution in [0.3, 0.4) is 0 Å². The van der Waals surface area contributed by atoms with Gasteiger partial charge in [0.2, 0.25) is 5.60 Å². The van der Waals surface area contributed by atoms with Crippen LogP contribution in [-0.2, 0) is 26.5 Å². The van der Waals surface area contributed by atoms with Crippen LogP contribution in [0.1, 0.15) is 29.5 Å². The second-order valence-corrected chi connectivity index (χ2v) is 10.6. The van der Waals surface area contributed by atoms with E-state index in [0.29, 0.717) is 40.3 Å². The maximum atomic E-state index is 13.7. The Balaban J connectivity index is 1.29. The van der Waals surface area contributed by atoms with Crippen molar-refractivity contribution in [3.8, 4) is 0 Å². The Bertz CT molecular complexity index is 1200. The molecule has 0 spiro atoms. The van der Waals surface area contributed by atoms with Gasteiger partial charge in [-0.25, -0.2) is 4.79 Å². The molecule has 3 aliphatic rings. The van der Waals surface area contributed by atoms with E-state index in [-0.39, 0.29) is 17.9 Å². The maximum Gasteiger partial charge on any atom is 0.348 e. The van der Waals surface area contributed by atoms with Crippen molar-refractivity contribution in [2.24, 2.45) is 5.92 Å². The first-order valence-corrected chi connectivity index (χ1v) is 13.2. The minimum Gasteiger partial charge on any atom is -0.453 e. The van der Waals surface area contributed by atoms with E-state index < -0.39 is 11.6 Å². The smallest absolute Gasteiger partial charge is 0.348 e. The number of fused-ring (bicyclic) bond motifs is 3. The van der Waals surface area contributed by atoms with E-state index in [2.05, 4.69) is 5.32 Å². The van der Waals surface area contributed by atoms with Crippen molar-refractivity contribution in [1.29, 1.82) is 0 Å². The van der Waals surface area contributed by atoms with E-state index in [0.717, 1.165) is 31.5 Å². The summed E-state index contributed by atoms with van der Waals surface area (Å²) in [5.41, 5.74) is -0.0976. The summed E-state index contributed by atoms with van der Waals surface area (Å²) in [6.07, 6.45) is 1.40. The predicted molar refractivity (Wildman–Crippen MR) is 142 cm³/mol. The summed E-state index contributed by atoms with van der Waals surface area (Å²) in [6.45, 7) is 3.02. The molecule has 1 atom stereocenters. The van der Waals surface area contributed by atoms with Gasteiger partial charge in [-0.3, -0.25) is 4.79 Å². The highest BCUT2D eigenvalue weighted by atomic mass is 35.5. The van der Waals surface area contributed by atoms with Crippen molar-refractivity contribution in [3.05, 3.63) is 107 Å². The summed E-state index contributed by atoms with van der Waals surface area (Å²) in [5, 5.41) is 15.4. The van der Waals surface area contributed by atoms with Crippen molar-refractivity contribution in [2.75, 3.05) is 26.2 Å². The molecule has 2 bridgehead atoms. The van der Waals surface area contributed by atoms with Crippen molar-refractivity contribution in [3.63, 3.8) is 0 Å². The zero-order chi connectivity index (χ0) is 25.9. The second-order valence-electron chi connectivity index (χ2n) is 10.2. The number of amides is 1. The number of halogens is 1. The molecular weight excluding hydrogens is 488 g/mol. The highest BCUT2D eigenvalue weighted by Crippen LogP contribution is 2.38. The van der Waals surface area contributed by atoms with Gasteiger partial charge in [0.1, 0.15) is 6.54 Å². The number of nitrogens with zero attached hydrogens (tertiary/aromatic N) is 1. The van der Waals surface area contributed by atoms with Crippen LogP contribution in [0.15, 0.2) is 84.9 Å². The molecule has 37 heavy (non-hydrogen) atoms. The first kappa shape index (κ1) is 25.5. The van der Waals surface area contributed by atoms with Crippen molar-refractivity contribution in [1.82, 2.24) is 5.32 Å². The van der Waals surface area contributed by atoms with Gasteiger partial charge in [-0.05, 0) is 22.8 Å². The molecule has 0 aromatic heterocycles. The first-order chi connectivity index (χ1) is 17.9. The van der Waals surface area contributed by atoms with E-state index in [4.69, 9.17) is 16.3 Å². The third-order valence-corrected chi connectivity index (χ3v) is 8.26. The molecule has 0 aliphatic carbocycles. The fourth-order valence-corrected chi connectivity index (χ4v) is 5.96. The van der Waals surface area contributed by atoms with Gasteiger partial charge in [0.25, 0.3) is 5.91 Å². The lowest BCUT2D eigenvalue weighted by atomic mass is 9.82. The van der Waals surface area contributed by atoms with Gasteiger partial charge >= 0.3 is 5.97 Å². The van der Waals surface area contributed by atoms with Gasteiger partial charge in [0, 0.05) is 30.3 Å². The first-order valence-electron chi connectivity index (χ1n) is 12.8. The second kappa shape index (κ2) is 10.7. The summed E-state index contributed by atoms with van der Waals surface area (Å²) in [6, 6.07) is 25.3. The Morgan fingerprint density at radius 1 is 0.919 bits per heavy atom. The van der Waals surface area contributed by atoms with Crippen LogP contribution in [0.4, 0.5) is 0 Å². The van der Waals surface area contributed by atoms with E-state index >= 15 is 0 Å². The van der Waals surface area contributed by atoms with Gasteiger partial charge in [0.05, 0.1) is 13.1 Å². The number of piperidine rings is 3. The van der Waals surface area contributed by atoms with Gasteiger partial charge in [0.15, 0.2) is 12.6 Å². The highest BCUT2D eigenvalue weighted by molar-refractivity contribution is 6.31. The van der Waals surface area contributed by atoms with E-state index in [1.54, 1.807) is 48.5 Å². The number of esters is 1. The number of quaternary nitrogens is 1. The minimum absolute atomic E-state index is 0.0459. The Morgan fingerprint density at radius 3 is 2.08 bits per heavy atom. The lowest BCUT2D eigenvalue weighted by Crippen LogP contribution is -2.66. The van der Waals surface area contributed by atoms with E-state index in [9.17, 15) is 14.7 Å². The third kappa shape index (κ3) is 5.28. The summed E-state index contributed by atoms with van der Waals surface area (Å²) in [5.74, 6) is -0.494. The number of hydrogen-bond acceptors (Lipinski definition) is 4. The average molecular weight is 520 g/mol. The lowest BCUT2D eigenvalue weighted by Gasteiger charge is -2.51. The Labute approximate surface area is 222 Å². The van der Waals surface area contributed by atoms with Gasteiger partial charge in [-0.15, -0.1) is 0 Å². The lowest BCUT2D eigenvalue weighted by molar-refractivity contribution is -0.939. The summed E-state index contributed by atoms with van der Waals surface area (Å²) >= 11 is 6.23. The van der Waals surface area contributed by atoms with Crippen molar-refractivity contribution < 1.29 is 23.9 Å². The number of benzene rings is 3. The van der Waals surface area contributed by atoms with Crippen molar-refractivity contribution in [2.45, 2.75) is 31.1 Å². The molecule has 0 radical (unpaired) electrons. The number of carbonyl (C=O) groups is 2. The monoisotopic (exact) mass is 519 g/mol. The molecule has 6 rings (SSSR count). The molecular formula is C30H32ClN2O4+. The molecule has 3 fully saturated rings. The molecule has 1 unspecified atom stereocenters. The van der Waals surface area contributed by atoms with E-state index in [1.165, 1.54) is 0 Å². The van der Waals surface area contributed by atoms with Crippen LogP contribution in [0, 0.1) is 5.92 Å². The van der Waals surface area contributed by atoms with Crippen LogP contribution in [0.25, 0.3) is 0 Å². The van der Waals surface area contributed by atoms with Gasteiger partial charge in [-0.2, -0.15) is 0 Å². The average Bonchev–Trinajstić information content (AvgIpc) is 2.93. The third-order valence-electron chi connectivity index (χ3n) is 7.89.